The Balaban J connectivity index is 1.61. The highest BCUT2D eigenvalue weighted by Crippen LogP contribution is 2.43. The summed E-state index contributed by atoms with van der Waals surface area (Å²) in [6, 6.07) is 2.83. The van der Waals surface area contributed by atoms with Crippen LogP contribution in [-0.4, -0.2) is 17.8 Å². The monoisotopic (exact) mass is 379 g/mol. The minimum absolute atomic E-state index is 0.123. The zero-order valence-electron chi connectivity index (χ0n) is 14.9. The van der Waals surface area contributed by atoms with Gasteiger partial charge in [-0.1, -0.05) is 11.6 Å². The fourth-order valence-corrected chi connectivity index (χ4v) is 4.42. The van der Waals surface area contributed by atoms with Gasteiger partial charge in [-0.3, -0.25) is 0 Å². The molecule has 2 aliphatic carbocycles. The molecule has 140 valence electrons. The van der Waals surface area contributed by atoms with Crippen molar-refractivity contribution in [3.05, 3.63) is 34.1 Å². The van der Waals surface area contributed by atoms with Gasteiger partial charge >= 0.3 is 5.97 Å². The van der Waals surface area contributed by atoms with E-state index in [1.165, 1.54) is 6.07 Å². The van der Waals surface area contributed by atoms with E-state index in [1.807, 2.05) is 0 Å². The Labute approximate surface area is 157 Å². The Morgan fingerprint density at radius 2 is 1.96 bits per heavy atom. The van der Waals surface area contributed by atoms with Crippen LogP contribution in [0.4, 0.5) is 10.1 Å². The predicted octanol–water partition coefficient (Wildman–Crippen LogP) is 5.36. The smallest absolute Gasteiger partial charge is 0.336 e. The Bertz CT molecular complexity index is 773. The first kappa shape index (κ1) is 17.7. The van der Waals surface area contributed by atoms with Crippen molar-refractivity contribution in [3.63, 3.8) is 0 Å². The lowest BCUT2D eigenvalue weighted by molar-refractivity contribution is -0.144. The van der Waals surface area contributed by atoms with Crippen molar-refractivity contribution in [1.29, 1.82) is 0 Å². The molecule has 1 N–H and O–H groups in total. The summed E-state index contributed by atoms with van der Waals surface area (Å²) in [5, 5.41) is 3.35. The second-order valence-electron chi connectivity index (χ2n) is 7.50. The number of rotatable bonds is 4. The largest absolute Gasteiger partial charge is 0.489 e. The van der Waals surface area contributed by atoms with Gasteiger partial charge in [0.15, 0.2) is 0 Å². The zero-order valence-corrected chi connectivity index (χ0v) is 15.6. The van der Waals surface area contributed by atoms with Gasteiger partial charge in [-0.15, -0.1) is 0 Å². The number of halogens is 2. The number of nitrogens with one attached hydrogen (secondary N) is 1. The molecule has 1 aromatic carbocycles. The summed E-state index contributed by atoms with van der Waals surface area (Å²) in [6.45, 7) is 1.78. The second kappa shape index (κ2) is 6.76. The lowest BCUT2D eigenvalue weighted by Gasteiger charge is -2.30. The molecule has 1 fully saturated rings. The Morgan fingerprint density at radius 1 is 1.23 bits per heavy atom. The molecule has 0 saturated heterocycles. The molecule has 1 aromatic rings. The molecule has 4 rings (SSSR count). The quantitative estimate of drug-likeness (QED) is 0.716. The van der Waals surface area contributed by atoms with Gasteiger partial charge in [0.2, 0.25) is 5.72 Å². The SMILES string of the molecule is CC1(Nc2cc(OC3CCCC3)c(Cl)cc2F)OC(=O)C2=C1CCCC2. The fraction of sp³-hybridized carbons (Fsp3) is 0.550. The Kier molecular flexibility index (Phi) is 4.59. The summed E-state index contributed by atoms with van der Waals surface area (Å²) >= 11 is 6.18. The summed E-state index contributed by atoms with van der Waals surface area (Å²) in [6.07, 6.45) is 7.88. The van der Waals surface area contributed by atoms with Crippen LogP contribution in [-0.2, 0) is 9.53 Å². The highest BCUT2D eigenvalue weighted by molar-refractivity contribution is 6.32. The van der Waals surface area contributed by atoms with Crippen molar-refractivity contribution in [2.75, 3.05) is 5.32 Å². The van der Waals surface area contributed by atoms with E-state index in [2.05, 4.69) is 5.32 Å². The molecule has 1 unspecified atom stereocenters. The van der Waals surface area contributed by atoms with E-state index >= 15 is 0 Å². The van der Waals surface area contributed by atoms with Crippen LogP contribution < -0.4 is 10.1 Å². The van der Waals surface area contributed by atoms with E-state index in [0.717, 1.165) is 62.5 Å². The first-order valence-electron chi connectivity index (χ1n) is 9.36. The van der Waals surface area contributed by atoms with Gasteiger partial charge in [0.25, 0.3) is 0 Å². The van der Waals surface area contributed by atoms with Crippen LogP contribution in [0, 0.1) is 5.82 Å². The maximum absolute atomic E-state index is 14.5. The number of benzene rings is 1. The summed E-state index contributed by atoms with van der Waals surface area (Å²) < 4.78 is 26.1. The summed E-state index contributed by atoms with van der Waals surface area (Å²) in [4.78, 5) is 12.2. The van der Waals surface area contributed by atoms with Crippen LogP contribution in [0.25, 0.3) is 0 Å². The molecule has 4 nitrogen and oxygen atoms in total. The average Bonchev–Trinajstić information content (AvgIpc) is 3.20. The van der Waals surface area contributed by atoms with Crippen molar-refractivity contribution in [2.45, 2.75) is 70.1 Å². The molecule has 1 heterocycles. The fourth-order valence-electron chi connectivity index (χ4n) is 4.22. The molecule has 1 saturated carbocycles. The minimum Gasteiger partial charge on any atom is -0.489 e. The number of ether oxygens (including phenoxy) is 2. The number of carbonyl (C=O) groups is 1. The van der Waals surface area contributed by atoms with Crippen LogP contribution in [0.3, 0.4) is 0 Å². The summed E-state index contributed by atoms with van der Waals surface area (Å²) in [5.41, 5.74) is 0.882. The molecule has 1 atom stereocenters. The van der Waals surface area contributed by atoms with Gasteiger partial charge in [0.1, 0.15) is 11.6 Å². The van der Waals surface area contributed by atoms with Gasteiger partial charge in [0.05, 0.1) is 16.8 Å². The molecule has 26 heavy (non-hydrogen) atoms. The van der Waals surface area contributed by atoms with E-state index in [-0.39, 0.29) is 22.8 Å². The highest BCUT2D eigenvalue weighted by Gasteiger charge is 2.44. The number of cyclic esters (lactones) is 1. The minimum atomic E-state index is -1.02. The normalized spacial score (nSPS) is 26.0. The highest BCUT2D eigenvalue weighted by atomic mass is 35.5. The van der Waals surface area contributed by atoms with Gasteiger partial charge < -0.3 is 14.8 Å². The van der Waals surface area contributed by atoms with Crippen LogP contribution >= 0.6 is 11.6 Å². The van der Waals surface area contributed by atoms with Gasteiger partial charge in [-0.2, -0.15) is 0 Å². The van der Waals surface area contributed by atoms with Gasteiger partial charge in [-0.05, 0) is 64.4 Å². The molecule has 0 amide bonds. The van der Waals surface area contributed by atoms with Crippen molar-refractivity contribution in [3.8, 4) is 5.75 Å². The lowest BCUT2D eigenvalue weighted by Crippen LogP contribution is -2.38. The van der Waals surface area contributed by atoms with Crippen LogP contribution in [0.15, 0.2) is 23.3 Å². The van der Waals surface area contributed by atoms with Crippen molar-refractivity contribution >= 4 is 23.3 Å². The summed E-state index contributed by atoms with van der Waals surface area (Å²) in [7, 11) is 0. The molecule has 0 spiro atoms. The van der Waals surface area contributed by atoms with E-state index < -0.39 is 11.5 Å². The molecular formula is C20H23ClFNO3. The first-order valence-corrected chi connectivity index (χ1v) is 9.74. The third kappa shape index (κ3) is 3.18. The van der Waals surface area contributed by atoms with Gasteiger partial charge in [-0.25, -0.2) is 9.18 Å². The topological polar surface area (TPSA) is 47.6 Å². The molecule has 0 bridgehead atoms. The van der Waals surface area contributed by atoms with Crippen LogP contribution in [0.2, 0.25) is 5.02 Å². The number of carbonyl (C=O) groups excluding carboxylic acids is 1. The van der Waals surface area contributed by atoms with Gasteiger partial charge in [0, 0.05) is 17.2 Å². The second-order valence-corrected chi connectivity index (χ2v) is 7.91. The molecule has 3 aliphatic rings. The van der Waals surface area contributed by atoms with Crippen LogP contribution in [0.1, 0.15) is 58.3 Å². The number of anilines is 1. The Morgan fingerprint density at radius 3 is 2.73 bits per heavy atom. The molecule has 0 radical (unpaired) electrons. The number of hydrogen-bond donors (Lipinski definition) is 1. The van der Waals surface area contributed by atoms with E-state index in [1.54, 1.807) is 13.0 Å². The van der Waals surface area contributed by atoms with Crippen molar-refractivity contribution < 1.29 is 18.7 Å². The van der Waals surface area contributed by atoms with Crippen LogP contribution in [0.5, 0.6) is 5.75 Å². The third-order valence-corrected chi connectivity index (χ3v) is 5.87. The Hall–Kier alpha value is -1.75. The van der Waals surface area contributed by atoms with E-state index in [4.69, 9.17) is 21.1 Å². The van der Waals surface area contributed by atoms with Crippen molar-refractivity contribution in [1.82, 2.24) is 0 Å². The van der Waals surface area contributed by atoms with Crippen molar-refractivity contribution in [2.24, 2.45) is 0 Å². The first-order chi connectivity index (χ1) is 12.5. The average molecular weight is 380 g/mol. The third-order valence-electron chi connectivity index (χ3n) is 5.58. The predicted molar refractivity (Wildman–Crippen MR) is 97.9 cm³/mol. The number of esters is 1. The molecule has 6 heteroatoms. The maximum Gasteiger partial charge on any atom is 0.336 e. The van der Waals surface area contributed by atoms with E-state index in [0.29, 0.717) is 5.75 Å². The summed E-state index contributed by atoms with van der Waals surface area (Å²) in [5.74, 6) is -0.323. The molecule has 0 aromatic heterocycles. The zero-order chi connectivity index (χ0) is 18.3. The molecule has 1 aliphatic heterocycles. The maximum atomic E-state index is 14.5. The molecular weight excluding hydrogens is 357 g/mol. The number of hydrogen-bond acceptors (Lipinski definition) is 4. The lowest BCUT2D eigenvalue weighted by atomic mass is 9.88. The standard InChI is InChI=1S/C20H23ClFNO3/c1-20(14-9-5-4-8-13(14)19(24)26-20)23-17-11-18(15(21)10-16(17)22)25-12-6-2-3-7-12/h10-12,23H,2-9H2,1H3. The van der Waals surface area contributed by atoms with E-state index in [9.17, 15) is 9.18 Å².